The van der Waals surface area contributed by atoms with E-state index in [0.29, 0.717) is 17.3 Å². The summed E-state index contributed by atoms with van der Waals surface area (Å²) < 4.78 is 0. The molecule has 2 heterocycles. The Hall–Kier alpha value is -2.91. The predicted molar refractivity (Wildman–Crippen MR) is 119 cm³/mol. The van der Waals surface area contributed by atoms with Gasteiger partial charge in [0.1, 0.15) is 5.82 Å². The number of benzene rings is 1. The zero-order valence-corrected chi connectivity index (χ0v) is 17.1. The summed E-state index contributed by atoms with van der Waals surface area (Å²) in [6.07, 6.45) is 5.28. The molecule has 0 radical (unpaired) electrons. The maximum atomic E-state index is 11.8. The van der Waals surface area contributed by atoms with Crippen LogP contribution in [-0.4, -0.2) is 54.1 Å². The van der Waals surface area contributed by atoms with E-state index in [1.54, 1.807) is 0 Å². The number of nitrogens with zero attached hydrogens (tertiary/aromatic N) is 3. The van der Waals surface area contributed by atoms with E-state index in [2.05, 4.69) is 43.0 Å². The molecule has 0 atom stereocenters. The van der Waals surface area contributed by atoms with Crippen LogP contribution in [0.4, 0.5) is 23.1 Å². The van der Waals surface area contributed by atoms with E-state index in [9.17, 15) is 4.79 Å². The number of aromatic nitrogens is 2. The quantitative estimate of drug-likeness (QED) is 0.483. The number of anilines is 4. The summed E-state index contributed by atoms with van der Waals surface area (Å²) in [7, 11) is 0. The van der Waals surface area contributed by atoms with Crippen molar-refractivity contribution in [2.45, 2.75) is 37.8 Å². The van der Waals surface area contributed by atoms with Gasteiger partial charge in [0, 0.05) is 55.8 Å². The van der Waals surface area contributed by atoms with Gasteiger partial charge in [-0.25, -0.2) is 4.98 Å². The van der Waals surface area contributed by atoms with Gasteiger partial charge >= 0.3 is 0 Å². The van der Waals surface area contributed by atoms with Gasteiger partial charge in [0.15, 0.2) is 0 Å². The molecule has 1 aliphatic heterocycles. The van der Waals surface area contributed by atoms with Crippen LogP contribution in [0.25, 0.3) is 0 Å². The van der Waals surface area contributed by atoms with E-state index in [1.165, 1.54) is 11.9 Å². The summed E-state index contributed by atoms with van der Waals surface area (Å²) in [5.74, 6) is 0.347. The molecular formula is C21H30N8O. The zero-order chi connectivity index (χ0) is 20.9. The van der Waals surface area contributed by atoms with Crippen molar-refractivity contribution in [3.05, 3.63) is 36.0 Å². The molecule has 30 heavy (non-hydrogen) atoms. The summed E-state index contributed by atoms with van der Waals surface area (Å²) in [6, 6.07) is 8.69. The van der Waals surface area contributed by atoms with Gasteiger partial charge in [-0.1, -0.05) is 0 Å². The smallest absolute Gasteiger partial charge is 0.254 e. The van der Waals surface area contributed by atoms with Crippen LogP contribution >= 0.6 is 0 Å². The van der Waals surface area contributed by atoms with Crippen molar-refractivity contribution in [1.82, 2.24) is 15.3 Å². The summed E-state index contributed by atoms with van der Waals surface area (Å²) in [5.41, 5.74) is 13.9. The Bertz CT molecular complexity index is 858. The molecule has 9 nitrogen and oxygen atoms in total. The SMILES string of the molecule is NC(=O)c1cnc(Nc2ccc(N3CCNCC3)cc2)nc1NC1CCC(N)CC1. The largest absolute Gasteiger partial charge is 0.369 e. The fourth-order valence-electron chi connectivity index (χ4n) is 4.00. The van der Waals surface area contributed by atoms with Gasteiger partial charge in [-0.05, 0) is 49.9 Å². The van der Waals surface area contributed by atoms with Crippen molar-refractivity contribution in [3.8, 4) is 0 Å². The molecule has 2 aromatic rings. The topological polar surface area (TPSA) is 134 Å². The van der Waals surface area contributed by atoms with Crippen molar-refractivity contribution >= 4 is 29.0 Å². The lowest BCUT2D eigenvalue weighted by Gasteiger charge is -2.29. The average Bonchev–Trinajstić information content (AvgIpc) is 2.76. The van der Waals surface area contributed by atoms with E-state index in [-0.39, 0.29) is 12.1 Å². The normalized spacial score (nSPS) is 21.8. The highest BCUT2D eigenvalue weighted by Gasteiger charge is 2.21. The summed E-state index contributed by atoms with van der Waals surface area (Å²) in [4.78, 5) is 23.0. The lowest BCUT2D eigenvalue weighted by molar-refractivity contribution is 0.100. The number of carbonyl (C=O) groups excluding carboxylic acids is 1. The van der Waals surface area contributed by atoms with Gasteiger partial charge in [-0.3, -0.25) is 4.79 Å². The Balaban J connectivity index is 1.46. The Morgan fingerprint density at radius 3 is 2.47 bits per heavy atom. The van der Waals surface area contributed by atoms with Gasteiger partial charge in [-0.2, -0.15) is 4.98 Å². The van der Waals surface area contributed by atoms with Gasteiger partial charge in [0.2, 0.25) is 5.95 Å². The third kappa shape index (κ3) is 4.98. The molecule has 1 saturated carbocycles. The Labute approximate surface area is 176 Å². The second-order valence-electron chi connectivity index (χ2n) is 7.99. The maximum absolute atomic E-state index is 11.8. The van der Waals surface area contributed by atoms with Crippen LogP contribution in [0.3, 0.4) is 0 Å². The van der Waals surface area contributed by atoms with E-state index in [1.807, 2.05) is 12.1 Å². The molecular weight excluding hydrogens is 380 g/mol. The van der Waals surface area contributed by atoms with Crippen molar-refractivity contribution in [3.63, 3.8) is 0 Å². The number of nitrogens with two attached hydrogens (primary N) is 2. The standard InChI is InChI=1S/C21H30N8O/c22-14-1-3-15(4-2-14)26-20-18(19(23)30)13-25-21(28-20)27-16-5-7-17(8-6-16)29-11-9-24-10-12-29/h5-8,13-15,24H,1-4,9-12,22H2,(H2,23,30)(H2,25,26,27,28). The van der Waals surface area contributed by atoms with E-state index >= 15 is 0 Å². The highest BCUT2D eigenvalue weighted by atomic mass is 16.1. The molecule has 1 aromatic carbocycles. The molecule has 1 saturated heterocycles. The zero-order valence-electron chi connectivity index (χ0n) is 17.1. The van der Waals surface area contributed by atoms with Gasteiger partial charge in [-0.15, -0.1) is 0 Å². The fraction of sp³-hybridized carbons (Fsp3) is 0.476. The monoisotopic (exact) mass is 410 g/mol. The van der Waals surface area contributed by atoms with Crippen LogP contribution in [0.1, 0.15) is 36.0 Å². The summed E-state index contributed by atoms with van der Waals surface area (Å²) >= 11 is 0. The van der Waals surface area contributed by atoms with E-state index in [0.717, 1.165) is 57.5 Å². The molecule has 1 aromatic heterocycles. The van der Waals surface area contributed by atoms with Gasteiger partial charge in [0.05, 0.1) is 5.56 Å². The molecule has 0 spiro atoms. The number of primary amides is 1. The number of nitrogens with one attached hydrogen (secondary N) is 3. The third-order valence-corrected chi connectivity index (χ3v) is 5.77. The summed E-state index contributed by atoms with van der Waals surface area (Å²) in [5, 5.41) is 9.95. The van der Waals surface area contributed by atoms with Crippen molar-refractivity contribution < 1.29 is 4.79 Å². The Kier molecular flexibility index (Phi) is 6.29. The highest BCUT2D eigenvalue weighted by Crippen LogP contribution is 2.24. The van der Waals surface area contributed by atoms with E-state index in [4.69, 9.17) is 11.5 Å². The molecule has 0 bridgehead atoms. The first kappa shape index (κ1) is 20.4. The number of rotatable bonds is 6. The molecule has 0 unspecified atom stereocenters. The molecule has 4 rings (SSSR count). The van der Waals surface area contributed by atoms with Gasteiger partial charge in [0.25, 0.3) is 5.91 Å². The minimum atomic E-state index is -0.545. The second kappa shape index (κ2) is 9.27. The van der Waals surface area contributed by atoms with Crippen molar-refractivity contribution in [2.75, 3.05) is 41.7 Å². The van der Waals surface area contributed by atoms with Crippen LogP contribution in [0.5, 0.6) is 0 Å². The Morgan fingerprint density at radius 1 is 1.10 bits per heavy atom. The second-order valence-corrected chi connectivity index (χ2v) is 7.99. The van der Waals surface area contributed by atoms with E-state index < -0.39 is 5.91 Å². The molecule has 7 N–H and O–H groups in total. The predicted octanol–water partition coefficient (Wildman–Crippen LogP) is 1.41. The minimum Gasteiger partial charge on any atom is -0.369 e. The number of hydrogen-bond acceptors (Lipinski definition) is 8. The molecule has 1 aliphatic carbocycles. The molecule has 2 fully saturated rings. The third-order valence-electron chi connectivity index (χ3n) is 5.77. The first-order valence-electron chi connectivity index (χ1n) is 10.6. The minimum absolute atomic E-state index is 0.226. The number of amides is 1. The van der Waals surface area contributed by atoms with Crippen LogP contribution in [0.2, 0.25) is 0 Å². The molecule has 1 amide bonds. The lowest BCUT2D eigenvalue weighted by Crippen LogP contribution is -2.43. The number of piperazine rings is 1. The molecule has 9 heteroatoms. The first-order chi connectivity index (χ1) is 14.6. The van der Waals surface area contributed by atoms with Crippen LogP contribution in [-0.2, 0) is 0 Å². The van der Waals surface area contributed by atoms with Crippen LogP contribution < -0.4 is 32.3 Å². The molecule has 2 aliphatic rings. The maximum Gasteiger partial charge on any atom is 0.254 e. The summed E-state index contributed by atoms with van der Waals surface area (Å²) in [6.45, 7) is 4.02. The van der Waals surface area contributed by atoms with Crippen LogP contribution in [0, 0.1) is 0 Å². The average molecular weight is 411 g/mol. The fourth-order valence-corrected chi connectivity index (χ4v) is 4.00. The highest BCUT2D eigenvalue weighted by molar-refractivity contribution is 5.97. The number of carbonyl (C=O) groups is 1. The van der Waals surface area contributed by atoms with Gasteiger partial charge < -0.3 is 32.3 Å². The lowest BCUT2D eigenvalue weighted by atomic mass is 9.92. The van der Waals surface area contributed by atoms with Crippen LogP contribution in [0.15, 0.2) is 30.5 Å². The first-order valence-corrected chi connectivity index (χ1v) is 10.6. The Morgan fingerprint density at radius 2 is 1.80 bits per heavy atom. The van der Waals surface area contributed by atoms with Crippen molar-refractivity contribution in [1.29, 1.82) is 0 Å². The molecule has 160 valence electrons. The number of hydrogen-bond donors (Lipinski definition) is 5. The van der Waals surface area contributed by atoms with Crippen molar-refractivity contribution in [2.24, 2.45) is 11.5 Å².